The minimum absolute atomic E-state index is 0.181. The number of urea groups is 1. The van der Waals surface area contributed by atoms with Gasteiger partial charge in [0.2, 0.25) is 0 Å². The topological polar surface area (TPSA) is 124 Å². The Balaban J connectivity index is 2.28. The molecule has 0 unspecified atom stereocenters. The van der Waals surface area contributed by atoms with Crippen LogP contribution in [0, 0.1) is 6.92 Å². The van der Waals surface area contributed by atoms with E-state index in [1.54, 1.807) is 34.6 Å². The molecule has 2 heterocycles. The Bertz CT molecular complexity index is 928. The summed E-state index contributed by atoms with van der Waals surface area (Å²) in [4.78, 5) is 38.9. The van der Waals surface area contributed by atoms with Crippen LogP contribution in [0.1, 0.15) is 57.5 Å². The predicted molar refractivity (Wildman–Crippen MR) is 112 cm³/mol. The van der Waals surface area contributed by atoms with Gasteiger partial charge < -0.3 is 14.8 Å². The third-order valence-corrected chi connectivity index (χ3v) is 4.94. The van der Waals surface area contributed by atoms with Gasteiger partial charge in [-0.25, -0.2) is 14.4 Å². The van der Waals surface area contributed by atoms with Crippen molar-refractivity contribution in [2.75, 3.05) is 11.9 Å². The maximum Gasteiger partial charge on any atom is 0.341 e. The summed E-state index contributed by atoms with van der Waals surface area (Å²) in [5.41, 5.74) is -1.21. The molecule has 2 N–H and O–H groups in total. The van der Waals surface area contributed by atoms with Crippen LogP contribution in [-0.4, -0.2) is 50.7 Å². The number of anilines is 1. The average molecular weight is 438 g/mol. The van der Waals surface area contributed by atoms with E-state index < -0.39 is 29.1 Å². The van der Waals surface area contributed by atoms with Crippen molar-refractivity contribution in [3.05, 3.63) is 23.5 Å². The molecule has 0 bridgehead atoms. The second-order valence-corrected chi connectivity index (χ2v) is 8.98. The van der Waals surface area contributed by atoms with Crippen LogP contribution in [0.15, 0.2) is 12.4 Å². The third-order valence-electron chi connectivity index (χ3n) is 3.76. The zero-order valence-corrected chi connectivity index (χ0v) is 19.0. The maximum atomic E-state index is 12.6. The highest BCUT2D eigenvalue weighted by Crippen LogP contribution is 2.35. The highest BCUT2D eigenvalue weighted by Gasteiger charge is 2.35. The fourth-order valence-corrected chi connectivity index (χ4v) is 3.53. The molecular weight excluding hydrogens is 410 g/mol. The van der Waals surface area contributed by atoms with Crippen molar-refractivity contribution in [3.63, 3.8) is 0 Å². The van der Waals surface area contributed by atoms with Gasteiger partial charge in [-0.3, -0.25) is 5.32 Å². The van der Waals surface area contributed by atoms with Gasteiger partial charge in [0.1, 0.15) is 21.1 Å². The van der Waals surface area contributed by atoms with E-state index in [9.17, 15) is 14.4 Å². The number of hydrogen-bond acceptors (Lipinski definition) is 8. The monoisotopic (exact) mass is 437 g/mol. The van der Waals surface area contributed by atoms with E-state index in [-0.39, 0.29) is 17.2 Å². The van der Waals surface area contributed by atoms with E-state index in [0.717, 1.165) is 11.3 Å². The second-order valence-electron chi connectivity index (χ2n) is 7.98. The first-order valence-electron chi connectivity index (χ1n) is 9.35. The highest BCUT2D eigenvalue weighted by atomic mass is 32.1. The van der Waals surface area contributed by atoms with Gasteiger partial charge in [0, 0.05) is 5.56 Å². The lowest BCUT2D eigenvalue weighted by Crippen LogP contribution is -2.53. The van der Waals surface area contributed by atoms with Crippen LogP contribution in [0.3, 0.4) is 0 Å². The van der Waals surface area contributed by atoms with E-state index in [1.165, 1.54) is 31.0 Å². The first kappa shape index (κ1) is 23.3. The van der Waals surface area contributed by atoms with E-state index >= 15 is 0 Å². The van der Waals surface area contributed by atoms with Crippen molar-refractivity contribution < 1.29 is 23.9 Å². The fourth-order valence-electron chi connectivity index (χ4n) is 2.42. The molecule has 0 fully saturated rings. The lowest BCUT2D eigenvalue weighted by Gasteiger charge is -2.29. The summed E-state index contributed by atoms with van der Waals surface area (Å²) in [6, 6.07) is -0.669. The van der Waals surface area contributed by atoms with Crippen molar-refractivity contribution in [1.82, 2.24) is 20.3 Å². The van der Waals surface area contributed by atoms with E-state index in [4.69, 9.17) is 9.47 Å². The maximum absolute atomic E-state index is 12.6. The second kappa shape index (κ2) is 8.82. The smallest absolute Gasteiger partial charge is 0.341 e. The molecule has 10 nitrogen and oxygen atoms in total. The van der Waals surface area contributed by atoms with Crippen molar-refractivity contribution >= 4 is 34.3 Å². The van der Waals surface area contributed by atoms with Gasteiger partial charge in [0.15, 0.2) is 0 Å². The van der Waals surface area contributed by atoms with Crippen molar-refractivity contribution in [2.45, 2.75) is 59.6 Å². The Labute approximate surface area is 178 Å². The number of hydrogen-bond donors (Lipinski definition) is 2. The Morgan fingerprint density at radius 3 is 2.27 bits per heavy atom. The highest BCUT2D eigenvalue weighted by molar-refractivity contribution is 7.19. The van der Waals surface area contributed by atoms with Gasteiger partial charge in [0.05, 0.1) is 24.6 Å². The summed E-state index contributed by atoms with van der Waals surface area (Å²) in [7, 11) is 0. The largest absolute Gasteiger partial charge is 0.462 e. The SMILES string of the molecule is CCOC(=O)c1c(NC(=O)NC(C)(C)C(=O)OC(C)(C)C)sc(-n2nccn2)c1C. The summed E-state index contributed by atoms with van der Waals surface area (Å²) in [5, 5.41) is 14.2. The number of aromatic nitrogens is 3. The number of carbonyl (C=O) groups is 3. The molecule has 2 aromatic rings. The average Bonchev–Trinajstić information content (AvgIpc) is 3.21. The van der Waals surface area contributed by atoms with E-state index in [0.29, 0.717) is 10.6 Å². The number of nitrogens with one attached hydrogen (secondary N) is 2. The first-order chi connectivity index (χ1) is 13.9. The molecule has 11 heteroatoms. The number of ether oxygens (including phenoxy) is 2. The third kappa shape index (κ3) is 5.56. The Morgan fingerprint density at radius 1 is 1.13 bits per heavy atom. The molecule has 0 aliphatic carbocycles. The van der Waals surface area contributed by atoms with Gasteiger partial charge in [-0.05, 0) is 48.5 Å². The molecule has 0 aromatic carbocycles. The Kier molecular flexibility index (Phi) is 6.86. The van der Waals surface area contributed by atoms with Gasteiger partial charge in [-0.2, -0.15) is 10.2 Å². The molecule has 0 spiro atoms. The number of amides is 2. The molecular formula is C19H27N5O5S. The Morgan fingerprint density at radius 2 is 1.73 bits per heavy atom. The van der Waals surface area contributed by atoms with E-state index in [1.807, 2.05) is 0 Å². The van der Waals surface area contributed by atoms with E-state index in [2.05, 4.69) is 20.8 Å². The molecule has 0 saturated heterocycles. The molecule has 0 radical (unpaired) electrons. The number of nitrogens with zero attached hydrogens (tertiary/aromatic N) is 3. The lowest BCUT2D eigenvalue weighted by atomic mass is 10.1. The van der Waals surface area contributed by atoms with Crippen LogP contribution in [-0.2, 0) is 14.3 Å². The minimum Gasteiger partial charge on any atom is -0.462 e. The minimum atomic E-state index is -1.29. The standard InChI is InChI=1S/C19H27N5O5S/c1-8-28-15(25)12-11(2)14(24-20-9-10-21-24)30-13(12)22-17(27)23-19(6,7)16(26)29-18(3,4)5/h9-10H,8H2,1-7H3,(H2,22,23,27). The van der Waals surface area contributed by atoms with Crippen molar-refractivity contribution in [3.8, 4) is 5.00 Å². The Hall–Kier alpha value is -2.95. The molecule has 0 saturated carbocycles. The van der Waals surface area contributed by atoms with Gasteiger partial charge in [0.25, 0.3) is 0 Å². The van der Waals surface area contributed by atoms with Crippen LogP contribution >= 0.6 is 11.3 Å². The summed E-state index contributed by atoms with van der Waals surface area (Å²) < 4.78 is 10.5. The van der Waals surface area contributed by atoms with Crippen LogP contribution in [0.4, 0.5) is 9.80 Å². The summed E-state index contributed by atoms with van der Waals surface area (Å²) in [6.45, 7) is 11.9. The van der Waals surface area contributed by atoms with Gasteiger partial charge in [-0.1, -0.05) is 11.3 Å². The van der Waals surface area contributed by atoms with Crippen LogP contribution in [0.25, 0.3) is 5.00 Å². The van der Waals surface area contributed by atoms with Gasteiger partial charge >= 0.3 is 18.0 Å². The molecule has 0 aliphatic heterocycles. The number of thiophene rings is 1. The zero-order chi connectivity index (χ0) is 22.7. The number of esters is 2. The van der Waals surface area contributed by atoms with Gasteiger partial charge in [-0.15, -0.1) is 4.80 Å². The molecule has 30 heavy (non-hydrogen) atoms. The number of rotatable bonds is 6. The van der Waals surface area contributed by atoms with Crippen molar-refractivity contribution in [1.29, 1.82) is 0 Å². The van der Waals surface area contributed by atoms with Crippen molar-refractivity contribution in [2.24, 2.45) is 0 Å². The normalized spacial score (nSPS) is 11.7. The molecule has 0 aliphatic rings. The van der Waals surface area contributed by atoms with Crippen LogP contribution in [0.2, 0.25) is 0 Å². The zero-order valence-electron chi connectivity index (χ0n) is 18.2. The molecule has 2 amide bonds. The summed E-state index contributed by atoms with van der Waals surface area (Å²) in [6.07, 6.45) is 3.01. The summed E-state index contributed by atoms with van der Waals surface area (Å²) >= 11 is 1.12. The quantitative estimate of drug-likeness (QED) is 0.666. The molecule has 2 rings (SSSR count). The molecule has 2 aromatic heterocycles. The first-order valence-corrected chi connectivity index (χ1v) is 10.2. The molecule has 164 valence electrons. The number of carbonyl (C=O) groups excluding carboxylic acids is 3. The molecule has 0 atom stereocenters. The van der Waals surface area contributed by atoms with Crippen LogP contribution < -0.4 is 10.6 Å². The lowest BCUT2D eigenvalue weighted by molar-refractivity contribution is -0.161. The summed E-state index contributed by atoms with van der Waals surface area (Å²) in [5.74, 6) is -1.16. The fraction of sp³-hybridized carbons (Fsp3) is 0.526. The predicted octanol–water partition coefficient (Wildman–Crippen LogP) is 3.06. The van der Waals surface area contributed by atoms with Crippen LogP contribution in [0.5, 0.6) is 0 Å².